The van der Waals surface area contributed by atoms with Crippen molar-refractivity contribution in [3.63, 3.8) is 0 Å². The third kappa shape index (κ3) is 5.12. The summed E-state index contributed by atoms with van der Waals surface area (Å²) in [6.45, 7) is 15.9. The van der Waals surface area contributed by atoms with Crippen LogP contribution < -0.4 is 5.73 Å². The molecule has 0 fully saturated rings. The lowest BCUT2D eigenvalue weighted by atomic mass is 9.84. The predicted octanol–water partition coefficient (Wildman–Crippen LogP) is 7.09. The van der Waals surface area contributed by atoms with Crippen molar-refractivity contribution >= 4 is 11.7 Å². The van der Waals surface area contributed by atoms with Crippen LogP contribution in [0.1, 0.15) is 60.3 Å². The van der Waals surface area contributed by atoms with Crippen molar-refractivity contribution in [2.45, 2.75) is 67.1 Å². The number of hydrogen-bond acceptors (Lipinski definition) is 3. The molecule has 1 unspecified atom stereocenters. The Labute approximate surface area is 197 Å². The van der Waals surface area contributed by atoms with Crippen molar-refractivity contribution in [3.05, 3.63) is 75.8 Å². The van der Waals surface area contributed by atoms with Gasteiger partial charge in [0.15, 0.2) is 6.10 Å². The standard InChI is InChI=1S/C29H35NO3/c1-16-9-11-21(13-18(16)3)25-20(5)26(22-12-10-17(2)19(4)14-22)24(30)15-23(25)27(28(31)32)33-29(6,7)8/h9-15,27H,30H2,1-8H3,(H,31,32). The van der Waals surface area contributed by atoms with E-state index in [0.29, 0.717) is 11.3 Å². The van der Waals surface area contributed by atoms with Crippen LogP contribution in [0.25, 0.3) is 22.3 Å². The highest BCUT2D eigenvalue weighted by Crippen LogP contribution is 2.43. The third-order valence-corrected chi connectivity index (χ3v) is 6.21. The molecule has 0 aliphatic heterocycles. The zero-order valence-corrected chi connectivity index (χ0v) is 21.0. The van der Waals surface area contributed by atoms with Crippen molar-refractivity contribution < 1.29 is 14.6 Å². The summed E-state index contributed by atoms with van der Waals surface area (Å²) >= 11 is 0. The fraction of sp³-hybridized carbons (Fsp3) is 0.345. The topological polar surface area (TPSA) is 72.5 Å². The average molecular weight is 446 g/mol. The number of hydrogen-bond donors (Lipinski definition) is 2. The maximum Gasteiger partial charge on any atom is 0.337 e. The molecule has 3 N–H and O–H groups in total. The van der Waals surface area contributed by atoms with Crippen molar-refractivity contribution in [2.24, 2.45) is 0 Å². The number of carbonyl (C=O) groups is 1. The van der Waals surface area contributed by atoms with Crippen LogP contribution in [-0.4, -0.2) is 16.7 Å². The SMILES string of the molecule is Cc1ccc(-c2c(N)cc(C(OC(C)(C)C)C(=O)O)c(-c3ccc(C)c(C)c3)c2C)cc1C. The molecule has 0 aliphatic rings. The first-order chi connectivity index (χ1) is 15.3. The van der Waals surface area contributed by atoms with Gasteiger partial charge >= 0.3 is 5.97 Å². The number of anilines is 1. The van der Waals surface area contributed by atoms with Gasteiger partial charge in [-0.1, -0.05) is 36.4 Å². The van der Waals surface area contributed by atoms with Gasteiger partial charge in [-0.2, -0.15) is 0 Å². The summed E-state index contributed by atoms with van der Waals surface area (Å²) in [7, 11) is 0. The van der Waals surface area contributed by atoms with Crippen LogP contribution in [0.15, 0.2) is 42.5 Å². The van der Waals surface area contributed by atoms with E-state index in [9.17, 15) is 9.90 Å². The highest BCUT2D eigenvalue weighted by Gasteiger charge is 2.31. The fourth-order valence-corrected chi connectivity index (χ4v) is 4.24. The van der Waals surface area contributed by atoms with Gasteiger partial charge in [0.2, 0.25) is 0 Å². The summed E-state index contributed by atoms with van der Waals surface area (Å²) in [5, 5.41) is 10.1. The van der Waals surface area contributed by atoms with Gasteiger partial charge in [0.25, 0.3) is 0 Å². The van der Waals surface area contributed by atoms with Gasteiger partial charge in [-0.3, -0.25) is 0 Å². The van der Waals surface area contributed by atoms with Gasteiger partial charge in [0.05, 0.1) is 5.60 Å². The molecular weight excluding hydrogens is 410 g/mol. The lowest BCUT2D eigenvalue weighted by Crippen LogP contribution is -2.28. The van der Waals surface area contributed by atoms with Gasteiger partial charge in [-0.25, -0.2) is 4.79 Å². The summed E-state index contributed by atoms with van der Waals surface area (Å²) in [5.41, 5.74) is 16.5. The molecule has 3 aromatic rings. The number of benzene rings is 3. The Balaban J connectivity index is 2.39. The Morgan fingerprint density at radius 1 is 0.818 bits per heavy atom. The van der Waals surface area contributed by atoms with Gasteiger partial charge < -0.3 is 15.6 Å². The molecule has 3 rings (SSSR count). The Morgan fingerprint density at radius 2 is 1.30 bits per heavy atom. The molecule has 0 amide bonds. The van der Waals surface area contributed by atoms with Crippen LogP contribution in [0.4, 0.5) is 5.69 Å². The maximum atomic E-state index is 12.4. The molecule has 0 radical (unpaired) electrons. The zero-order valence-electron chi connectivity index (χ0n) is 21.0. The molecule has 0 heterocycles. The molecule has 4 nitrogen and oxygen atoms in total. The summed E-state index contributed by atoms with van der Waals surface area (Å²) in [5.74, 6) is -1.03. The van der Waals surface area contributed by atoms with Crippen LogP contribution in [0.2, 0.25) is 0 Å². The Bertz CT molecular complexity index is 1220. The molecule has 1 atom stereocenters. The average Bonchev–Trinajstić information content (AvgIpc) is 2.70. The van der Waals surface area contributed by atoms with Gasteiger partial charge in [0, 0.05) is 16.8 Å². The molecule has 0 aromatic heterocycles. The molecule has 0 aliphatic carbocycles. The van der Waals surface area contributed by atoms with Crippen LogP contribution in [0.5, 0.6) is 0 Å². The van der Waals surface area contributed by atoms with E-state index >= 15 is 0 Å². The van der Waals surface area contributed by atoms with E-state index < -0.39 is 17.7 Å². The summed E-state index contributed by atoms with van der Waals surface area (Å²) in [4.78, 5) is 12.4. The third-order valence-electron chi connectivity index (χ3n) is 6.21. The van der Waals surface area contributed by atoms with Crippen LogP contribution in [-0.2, 0) is 9.53 Å². The van der Waals surface area contributed by atoms with Crippen LogP contribution in [0.3, 0.4) is 0 Å². The Kier molecular flexibility index (Phi) is 6.71. The van der Waals surface area contributed by atoms with E-state index in [-0.39, 0.29) is 0 Å². The molecule has 0 saturated carbocycles. The van der Waals surface area contributed by atoms with E-state index in [1.165, 1.54) is 16.7 Å². The lowest BCUT2D eigenvalue weighted by molar-refractivity contribution is -0.160. The minimum absolute atomic E-state index is 0.544. The van der Waals surface area contributed by atoms with Crippen LogP contribution >= 0.6 is 0 Å². The fourth-order valence-electron chi connectivity index (χ4n) is 4.24. The Hall–Kier alpha value is -3.11. The van der Waals surface area contributed by atoms with E-state index in [0.717, 1.165) is 33.4 Å². The first-order valence-corrected chi connectivity index (χ1v) is 11.3. The molecule has 33 heavy (non-hydrogen) atoms. The smallest absolute Gasteiger partial charge is 0.337 e. The molecule has 174 valence electrons. The van der Waals surface area contributed by atoms with Crippen LogP contribution in [0, 0.1) is 34.6 Å². The summed E-state index contributed by atoms with van der Waals surface area (Å²) in [6.07, 6.45) is -1.14. The number of carboxylic acids is 1. The van der Waals surface area contributed by atoms with Crippen molar-refractivity contribution in [3.8, 4) is 22.3 Å². The Morgan fingerprint density at radius 3 is 1.73 bits per heavy atom. The summed E-state index contributed by atoms with van der Waals surface area (Å²) < 4.78 is 6.04. The minimum Gasteiger partial charge on any atom is -0.479 e. The van der Waals surface area contributed by atoms with E-state index in [1.54, 1.807) is 6.07 Å². The van der Waals surface area contributed by atoms with Gasteiger partial charge in [-0.15, -0.1) is 0 Å². The summed E-state index contributed by atoms with van der Waals surface area (Å²) in [6, 6.07) is 14.3. The van der Waals surface area contributed by atoms with E-state index in [2.05, 4.69) is 58.0 Å². The monoisotopic (exact) mass is 445 g/mol. The number of ether oxygens (including phenoxy) is 1. The number of aryl methyl sites for hydroxylation is 4. The van der Waals surface area contributed by atoms with Gasteiger partial charge in [-0.05, 0) is 106 Å². The number of rotatable bonds is 5. The van der Waals surface area contributed by atoms with E-state index in [4.69, 9.17) is 10.5 Å². The molecular formula is C29H35NO3. The quantitative estimate of drug-likeness (QED) is 0.411. The number of nitrogens with two attached hydrogens (primary N) is 1. The molecule has 0 saturated heterocycles. The predicted molar refractivity (Wildman–Crippen MR) is 137 cm³/mol. The molecule has 0 bridgehead atoms. The zero-order chi connectivity index (χ0) is 24.7. The largest absolute Gasteiger partial charge is 0.479 e. The first-order valence-electron chi connectivity index (χ1n) is 11.3. The second kappa shape index (κ2) is 9.03. The molecule has 3 aromatic carbocycles. The van der Waals surface area contributed by atoms with Crippen molar-refractivity contribution in [1.29, 1.82) is 0 Å². The first kappa shape index (κ1) is 24.5. The van der Waals surface area contributed by atoms with E-state index in [1.807, 2.05) is 33.8 Å². The van der Waals surface area contributed by atoms with Gasteiger partial charge in [0.1, 0.15) is 0 Å². The number of nitrogen functional groups attached to an aromatic ring is 1. The lowest BCUT2D eigenvalue weighted by Gasteiger charge is -2.29. The molecule has 0 spiro atoms. The van der Waals surface area contributed by atoms with Crippen molar-refractivity contribution in [1.82, 2.24) is 0 Å². The maximum absolute atomic E-state index is 12.4. The number of carboxylic acid groups (broad SMARTS) is 1. The number of aliphatic carboxylic acids is 1. The highest BCUT2D eigenvalue weighted by molar-refractivity contribution is 5.91. The van der Waals surface area contributed by atoms with Crippen molar-refractivity contribution in [2.75, 3.05) is 5.73 Å². The molecule has 4 heteroatoms. The second-order valence-electron chi connectivity index (χ2n) is 9.98. The highest BCUT2D eigenvalue weighted by atomic mass is 16.5. The second-order valence-corrected chi connectivity index (χ2v) is 9.98. The minimum atomic E-state index is -1.14. The normalized spacial score (nSPS) is 12.6.